The first kappa shape index (κ1) is 19.4. The zero-order valence-corrected chi connectivity index (χ0v) is 16.2. The van der Waals surface area contributed by atoms with Crippen LogP contribution in [0.5, 0.6) is 5.75 Å². The van der Waals surface area contributed by atoms with Crippen LogP contribution in [0.3, 0.4) is 0 Å². The van der Waals surface area contributed by atoms with Crippen LogP contribution in [0.25, 0.3) is 0 Å². The Hall–Kier alpha value is -3.96. The van der Waals surface area contributed by atoms with Crippen molar-refractivity contribution in [1.29, 1.82) is 0 Å². The predicted octanol–water partition coefficient (Wildman–Crippen LogP) is 4.67. The lowest BCUT2D eigenvalue weighted by atomic mass is 9.77. The van der Waals surface area contributed by atoms with Crippen molar-refractivity contribution in [3.63, 3.8) is 0 Å². The van der Waals surface area contributed by atoms with Gasteiger partial charge >= 0.3 is 6.09 Å². The number of nitrogens with zero attached hydrogens (tertiary/aromatic N) is 1. The average Bonchev–Trinajstić information content (AvgIpc) is 2.82. The van der Waals surface area contributed by atoms with Gasteiger partial charge in [-0.15, -0.1) is 0 Å². The normalized spacial score (nSPS) is 10.9. The van der Waals surface area contributed by atoms with E-state index in [2.05, 4.69) is 15.8 Å². The summed E-state index contributed by atoms with van der Waals surface area (Å²) in [6.45, 7) is 0. The second-order valence-corrected chi connectivity index (χ2v) is 6.68. The molecular formula is C25H21N3O2. The molecule has 0 fully saturated rings. The molecule has 30 heavy (non-hydrogen) atoms. The number of hydrogen-bond donors (Lipinski definition) is 2. The molecule has 1 aromatic heterocycles. The fraction of sp³-hybridized carbons (Fsp3) is 0.0400. The maximum atomic E-state index is 12.5. The Balaban J connectivity index is 1.74. The molecule has 148 valence electrons. The van der Waals surface area contributed by atoms with E-state index >= 15 is 0 Å². The van der Waals surface area contributed by atoms with Crippen LogP contribution in [-0.2, 0) is 5.54 Å². The maximum absolute atomic E-state index is 12.5. The summed E-state index contributed by atoms with van der Waals surface area (Å²) in [6, 6.07) is 33.3. The molecule has 4 rings (SSSR count). The minimum absolute atomic E-state index is 0.363. The lowest BCUT2D eigenvalue weighted by Crippen LogP contribution is -2.54. The highest BCUT2D eigenvalue weighted by atomic mass is 16.6. The zero-order chi connectivity index (χ0) is 20.7. The number of hydrazine groups is 1. The summed E-state index contributed by atoms with van der Waals surface area (Å²) in [5.41, 5.74) is 8.09. The van der Waals surface area contributed by atoms with E-state index in [0.717, 1.165) is 16.7 Å². The van der Waals surface area contributed by atoms with E-state index in [-0.39, 0.29) is 0 Å². The maximum Gasteiger partial charge on any atom is 0.427 e. The highest BCUT2D eigenvalue weighted by Crippen LogP contribution is 2.36. The second-order valence-electron chi connectivity index (χ2n) is 6.68. The van der Waals surface area contributed by atoms with E-state index in [0.29, 0.717) is 5.75 Å². The topological polar surface area (TPSA) is 63.2 Å². The molecule has 1 heterocycles. The lowest BCUT2D eigenvalue weighted by molar-refractivity contribution is 0.190. The van der Waals surface area contributed by atoms with Gasteiger partial charge in [-0.1, -0.05) is 91.0 Å². The lowest BCUT2D eigenvalue weighted by Gasteiger charge is -2.36. The van der Waals surface area contributed by atoms with Gasteiger partial charge < -0.3 is 4.74 Å². The first-order chi connectivity index (χ1) is 14.8. The van der Waals surface area contributed by atoms with Crippen LogP contribution in [0, 0.1) is 0 Å². The number of pyridine rings is 1. The van der Waals surface area contributed by atoms with Gasteiger partial charge in [-0.25, -0.2) is 10.2 Å². The summed E-state index contributed by atoms with van der Waals surface area (Å²) in [5.74, 6) is 0.363. The number of hydrogen-bond acceptors (Lipinski definition) is 4. The van der Waals surface area contributed by atoms with Crippen molar-refractivity contribution in [1.82, 2.24) is 15.8 Å². The third kappa shape index (κ3) is 4.06. The Bertz CT molecular complexity index is 976. The quantitative estimate of drug-likeness (QED) is 0.368. The number of aromatic nitrogens is 1. The molecule has 0 spiro atoms. The minimum atomic E-state index is -0.822. The van der Waals surface area contributed by atoms with Crippen molar-refractivity contribution in [3.8, 4) is 5.75 Å². The Morgan fingerprint density at radius 3 is 1.63 bits per heavy atom. The number of nitrogens with one attached hydrogen (secondary N) is 2. The number of rotatable bonds is 6. The van der Waals surface area contributed by atoms with Crippen LogP contribution in [0.4, 0.5) is 4.79 Å². The van der Waals surface area contributed by atoms with E-state index in [4.69, 9.17) is 4.74 Å². The molecule has 2 N–H and O–H groups in total. The molecule has 0 radical (unpaired) electrons. The highest BCUT2D eigenvalue weighted by Gasteiger charge is 2.36. The summed E-state index contributed by atoms with van der Waals surface area (Å²) < 4.78 is 5.34. The van der Waals surface area contributed by atoms with Crippen LogP contribution in [0.1, 0.15) is 16.7 Å². The van der Waals surface area contributed by atoms with Gasteiger partial charge in [-0.2, -0.15) is 0 Å². The van der Waals surface area contributed by atoms with Gasteiger partial charge in [0.1, 0.15) is 5.54 Å². The summed E-state index contributed by atoms with van der Waals surface area (Å²) in [6.07, 6.45) is 2.47. The number of ether oxygens (including phenoxy) is 1. The molecule has 0 aliphatic rings. The molecule has 0 bridgehead atoms. The van der Waals surface area contributed by atoms with Crippen molar-refractivity contribution in [2.75, 3.05) is 0 Å². The third-order valence-electron chi connectivity index (χ3n) is 4.82. The van der Waals surface area contributed by atoms with E-state index in [1.807, 2.05) is 91.0 Å². The zero-order valence-electron chi connectivity index (χ0n) is 16.2. The first-order valence-electron chi connectivity index (χ1n) is 9.60. The van der Waals surface area contributed by atoms with Crippen molar-refractivity contribution in [2.24, 2.45) is 0 Å². The molecule has 1 amide bonds. The molecule has 0 aliphatic carbocycles. The van der Waals surface area contributed by atoms with Crippen LogP contribution in [0.15, 0.2) is 116 Å². The molecule has 0 atom stereocenters. The fourth-order valence-electron chi connectivity index (χ4n) is 3.47. The largest absolute Gasteiger partial charge is 0.427 e. The van der Waals surface area contributed by atoms with Crippen molar-refractivity contribution < 1.29 is 9.53 Å². The SMILES string of the molecule is O=C(NNC(c1ccccc1)(c1ccccc1)c1ccccc1)Oc1cccnc1. The van der Waals surface area contributed by atoms with E-state index in [1.54, 1.807) is 18.3 Å². The molecular weight excluding hydrogens is 374 g/mol. The molecule has 0 saturated heterocycles. The Labute approximate surface area is 175 Å². The first-order valence-corrected chi connectivity index (χ1v) is 9.60. The number of carbonyl (C=O) groups excluding carboxylic acids is 1. The average molecular weight is 395 g/mol. The Morgan fingerprint density at radius 2 is 1.20 bits per heavy atom. The predicted molar refractivity (Wildman–Crippen MR) is 116 cm³/mol. The number of carbonyl (C=O) groups is 1. The van der Waals surface area contributed by atoms with Crippen molar-refractivity contribution in [3.05, 3.63) is 132 Å². The monoisotopic (exact) mass is 395 g/mol. The summed E-state index contributed by atoms with van der Waals surface area (Å²) in [7, 11) is 0. The fourth-order valence-corrected chi connectivity index (χ4v) is 3.47. The van der Waals surface area contributed by atoms with Gasteiger partial charge in [-0.05, 0) is 28.8 Å². The smallest absolute Gasteiger partial charge is 0.408 e. The van der Waals surface area contributed by atoms with Gasteiger partial charge in [0.05, 0.1) is 6.20 Å². The number of benzene rings is 3. The molecule has 4 aromatic rings. The van der Waals surface area contributed by atoms with Gasteiger partial charge in [0.15, 0.2) is 5.75 Å². The third-order valence-corrected chi connectivity index (χ3v) is 4.82. The van der Waals surface area contributed by atoms with Crippen molar-refractivity contribution in [2.45, 2.75) is 5.54 Å². The van der Waals surface area contributed by atoms with Gasteiger partial charge in [0, 0.05) is 6.20 Å². The van der Waals surface area contributed by atoms with Crippen LogP contribution < -0.4 is 15.6 Å². The summed E-state index contributed by atoms with van der Waals surface area (Å²) >= 11 is 0. The van der Waals surface area contributed by atoms with Crippen LogP contribution in [0.2, 0.25) is 0 Å². The van der Waals surface area contributed by atoms with E-state index < -0.39 is 11.6 Å². The van der Waals surface area contributed by atoms with E-state index in [9.17, 15) is 4.79 Å². The second kappa shape index (κ2) is 9.03. The molecule has 3 aromatic carbocycles. The van der Waals surface area contributed by atoms with Gasteiger partial charge in [0.25, 0.3) is 0 Å². The van der Waals surface area contributed by atoms with Gasteiger partial charge in [-0.3, -0.25) is 10.4 Å². The molecule has 5 nitrogen and oxygen atoms in total. The molecule has 0 saturated carbocycles. The van der Waals surface area contributed by atoms with Gasteiger partial charge in [0.2, 0.25) is 0 Å². The molecule has 0 unspecified atom stereocenters. The molecule has 0 aliphatic heterocycles. The Kier molecular flexibility index (Phi) is 5.83. The number of amides is 1. The highest BCUT2D eigenvalue weighted by molar-refractivity contribution is 5.70. The standard InChI is InChI=1S/C25H21N3O2/c29-24(30-23-17-10-18-26-19-23)27-28-25(20-11-4-1-5-12-20,21-13-6-2-7-14-21)22-15-8-3-9-16-22/h1-19,28H,(H,27,29). The Morgan fingerprint density at radius 1 is 0.700 bits per heavy atom. The van der Waals surface area contributed by atoms with Crippen molar-refractivity contribution >= 4 is 6.09 Å². The van der Waals surface area contributed by atoms with E-state index in [1.165, 1.54) is 6.20 Å². The summed E-state index contributed by atoms with van der Waals surface area (Å²) in [4.78, 5) is 16.5. The molecule has 5 heteroatoms. The summed E-state index contributed by atoms with van der Waals surface area (Å²) in [5, 5.41) is 0. The van der Waals surface area contributed by atoms with Crippen LogP contribution >= 0.6 is 0 Å². The van der Waals surface area contributed by atoms with Crippen LogP contribution in [-0.4, -0.2) is 11.1 Å². The minimum Gasteiger partial charge on any atom is -0.408 e.